The first-order valence-corrected chi connectivity index (χ1v) is 8.83. The van der Waals surface area contributed by atoms with Gasteiger partial charge in [-0.05, 0) is 44.4 Å². The Morgan fingerprint density at radius 1 is 1.28 bits per heavy atom. The standard InChI is InChI=1S/C17H20ClN5O.ClH/c18-13-5-1-2-6-14(13)23-16(11-7-8-11)21-15(22-23)17(24)20-12-4-3-9-19-10-12;/h1-2,5-6,11-12,19H,3-4,7-10H2,(H,20,24);1H/t12-;/m0./s1. The predicted molar refractivity (Wildman–Crippen MR) is 98.9 cm³/mol. The molecule has 2 aliphatic rings. The first-order chi connectivity index (χ1) is 11.7. The van der Waals surface area contributed by atoms with Gasteiger partial charge in [-0.15, -0.1) is 17.5 Å². The number of nitrogens with zero attached hydrogens (tertiary/aromatic N) is 3. The van der Waals surface area contributed by atoms with Crippen LogP contribution in [0.25, 0.3) is 5.69 Å². The molecule has 8 heteroatoms. The van der Waals surface area contributed by atoms with Gasteiger partial charge in [-0.3, -0.25) is 4.79 Å². The third-order valence-corrected chi connectivity index (χ3v) is 4.81. The summed E-state index contributed by atoms with van der Waals surface area (Å²) in [5.41, 5.74) is 0.770. The average molecular weight is 382 g/mol. The fraction of sp³-hybridized carbons (Fsp3) is 0.471. The molecule has 1 saturated carbocycles. The molecular weight excluding hydrogens is 361 g/mol. The van der Waals surface area contributed by atoms with E-state index in [0.717, 1.165) is 50.3 Å². The van der Waals surface area contributed by atoms with Crippen molar-refractivity contribution in [3.05, 3.63) is 40.9 Å². The van der Waals surface area contributed by atoms with Crippen LogP contribution in [0.4, 0.5) is 0 Å². The summed E-state index contributed by atoms with van der Waals surface area (Å²) < 4.78 is 1.73. The Bertz CT molecular complexity index is 753. The van der Waals surface area contributed by atoms with Crippen molar-refractivity contribution in [2.75, 3.05) is 13.1 Å². The molecule has 0 bridgehead atoms. The summed E-state index contributed by atoms with van der Waals surface area (Å²) in [6.07, 6.45) is 4.21. The average Bonchev–Trinajstić information content (AvgIpc) is 3.35. The van der Waals surface area contributed by atoms with Gasteiger partial charge in [0.15, 0.2) is 0 Å². The Balaban J connectivity index is 0.00000182. The van der Waals surface area contributed by atoms with Gasteiger partial charge in [-0.25, -0.2) is 9.67 Å². The van der Waals surface area contributed by atoms with Crippen LogP contribution < -0.4 is 10.6 Å². The lowest BCUT2D eigenvalue weighted by Crippen LogP contribution is -2.45. The molecular formula is C17H21Cl2N5O. The van der Waals surface area contributed by atoms with Gasteiger partial charge in [0.05, 0.1) is 10.7 Å². The zero-order valence-electron chi connectivity index (χ0n) is 13.7. The van der Waals surface area contributed by atoms with Gasteiger partial charge in [0.25, 0.3) is 5.91 Å². The molecule has 1 amide bonds. The smallest absolute Gasteiger partial charge is 0.291 e. The Morgan fingerprint density at radius 3 is 2.76 bits per heavy atom. The van der Waals surface area contributed by atoms with E-state index in [-0.39, 0.29) is 30.2 Å². The Hall–Kier alpha value is -1.63. The molecule has 1 aromatic carbocycles. The SMILES string of the molecule is Cl.O=C(N[C@H]1CCCNC1)c1nc(C2CC2)n(-c2ccccc2Cl)n1. The van der Waals surface area contributed by atoms with Gasteiger partial charge in [0, 0.05) is 18.5 Å². The molecule has 2 N–H and O–H groups in total. The van der Waals surface area contributed by atoms with Crippen molar-refractivity contribution in [2.24, 2.45) is 0 Å². The Kier molecular flexibility index (Phi) is 5.61. The first-order valence-electron chi connectivity index (χ1n) is 8.46. The second-order valence-electron chi connectivity index (χ2n) is 6.45. The number of carbonyl (C=O) groups is 1. The van der Waals surface area contributed by atoms with Crippen molar-refractivity contribution in [1.82, 2.24) is 25.4 Å². The van der Waals surface area contributed by atoms with Crippen molar-refractivity contribution >= 4 is 29.9 Å². The van der Waals surface area contributed by atoms with E-state index in [9.17, 15) is 4.79 Å². The van der Waals surface area contributed by atoms with E-state index in [2.05, 4.69) is 20.7 Å². The maximum atomic E-state index is 12.5. The number of carbonyl (C=O) groups excluding carboxylic acids is 1. The van der Waals surface area contributed by atoms with Crippen molar-refractivity contribution in [2.45, 2.75) is 37.6 Å². The van der Waals surface area contributed by atoms with E-state index in [1.165, 1.54) is 0 Å². The minimum atomic E-state index is -0.212. The summed E-state index contributed by atoms with van der Waals surface area (Å²) in [5, 5.41) is 11.4. The third-order valence-electron chi connectivity index (χ3n) is 4.49. The second kappa shape index (κ2) is 7.72. The molecule has 1 atom stereocenters. The molecule has 6 nitrogen and oxygen atoms in total. The van der Waals surface area contributed by atoms with Crippen molar-refractivity contribution in [3.63, 3.8) is 0 Å². The van der Waals surface area contributed by atoms with Crippen molar-refractivity contribution in [3.8, 4) is 5.69 Å². The molecule has 0 unspecified atom stereocenters. The highest BCUT2D eigenvalue weighted by Crippen LogP contribution is 2.40. The summed E-state index contributed by atoms with van der Waals surface area (Å²) in [7, 11) is 0. The summed E-state index contributed by atoms with van der Waals surface area (Å²) in [6, 6.07) is 7.65. The molecule has 2 aromatic rings. The number of benzene rings is 1. The topological polar surface area (TPSA) is 71.8 Å². The molecule has 25 heavy (non-hydrogen) atoms. The number of piperidine rings is 1. The number of amides is 1. The molecule has 1 aliphatic heterocycles. The largest absolute Gasteiger partial charge is 0.345 e. The molecule has 0 spiro atoms. The minimum absolute atomic E-state index is 0. The Morgan fingerprint density at radius 2 is 2.08 bits per heavy atom. The fourth-order valence-corrected chi connectivity index (χ4v) is 3.27. The quantitative estimate of drug-likeness (QED) is 0.853. The van der Waals surface area contributed by atoms with Crippen LogP contribution in [-0.2, 0) is 0 Å². The zero-order valence-corrected chi connectivity index (χ0v) is 15.3. The lowest BCUT2D eigenvalue weighted by Gasteiger charge is -2.23. The zero-order chi connectivity index (χ0) is 16.5. The van der Waals surface area contributed by atoms with Gasteiger partial charge in [0.1, 0.15) is 5.82 Å². The number of nitrogens with one attached hydrogen (secondary N) is 2. The van der Waals surface area contributed by atoms with Gasteiger partial charge in [-0.1, -0.05) is 23.7 Å². The number of rotatable bonds is 4. The highest BCUT2D eigenvalue weighted by Gasteiger charge is 2.32. The number of hydrogen-bond acceptors (Lipinski definition) is 4. The van der Waals surface area contributed by atoms with Crippen LogP contribution in [0.5, 0.6) is 0 Å². The van der Waals surface area contributed by atoms with E-state index in [0.29, 0.717) is 10.9 Å². The highest BCUT2D eigenvalue weighted by molar-refractivity contribution is 6.32. The van der Waals surface area contributed by atoms with Crippen LogP contribution in [0.1, 0.15) is 48.0 Å². The van der Waals surface area contributed by atoms with Crippen LogP contribution in [-0.4, -0.2) is 39.8 Å². The molecule has 2 heterocycles. The number of hydrogen-bond donors (Lipinski definition) is 2. The molecule has 0 radical (unpaired) electrons. The predicted octanol–water partition coefficient (Wildman–Crippen LogP) is 2.70. The van der Waals surface area contributed by atoms with Crippen LogP contribution in [0.3, 0.4) is 0 Å². The van der Waals surface area contributed by atoms with Gasteiger partial charge < -0.3 is 10.6 Å². The highest BCUT2D eigenvalue weighted by atomic mass is 35.5. The van der Waals surface area contributed by atoms with Crippen LogP contribution >= 0.6 is 24.0 Å². The molecule has 4 rings (SSSR count). The summed E-state index contributed by atoms with van der Waals surface area (Å²) >= 11 is 6.30. The molecule has 134 valence electrons. The monoisotopic (exact) mass is 381 g/mol. The summed E-state index contributed by atoms with van der Waals surface area (Å²) in [6.45, 7) is 1.81. The number of halogens is 2. The van der Waals surface area contributed by atoms with Gasteiger partial charge in [0.2, 0.25) is 5.82 Å². The fourth-order valence-electron chi connectivity index (χ4n) is 3.05. The van der Waals surface area contributed by atoms with Crippen molar-refractivity contribution in [1.29, 1.82) is 0 Å². The maximum Gasteiger partial charge on any atom is 0.291 e. The molecule has 1 aromatic heterocycles. The third kappa shape index (κ3) is 3.97. The van der Waals surface area contributed by atoms with Crippen LogP contribution in [0.15, 0.2) is 24.3 Å². The second-order valence-corrected chi connectivity index (χ2v) is 6.86. The summed E-state index contributed by atoms with van der Waals surface area (Å²) in [4.78, 5) is 17.0. The van der Waals surface area contributed by atoms with Gasteiger partial charge >= 0.3 is 0 Å². The molecule has 2 fully saturated rings. The van der Waals surface area contributed by atoms with Crippen LogP contribution in [0.2, 0.25) is 5.02 Å². The molecule has 1 aliphatic carbocycles. The number of aromatic nitrogens is 3. The van der Waals surface area contributed by atoms with E-state index in [1.807, 2.05) is 24.3 Å². The van der Waals surface area contributed by atoms with E-state index in [1.54, 1.807) is 4.68 Å². The lowest BCUT2D eigenvalue weighted by atomic mass is 10.1. The lowest BCUT2D eigenvalue weighted by molar-refractivity contribution is 0.0920. The van der Waals surface area contributed by atoms with Crippen molar-refractivity contribution < 1.29 is 4.79 Å². The minimum Gasteiger partial charge on any atom is -0.345 e. The molecule has 1 saturated heterocycles. The van der Waals surface area contributed by atoms with E-state index >= 15 is 0 Å². The van der Waals surface area contributed by atoms with E-state index < -0.39 is 0 Å². The van der Waals surface area contributed by atoms with Crippen LogP contribution in [0, 0.1) is 0 Å². The Labute approximate surface area is 157 Å². The van der Waals surface area contributed by atoms with Gasteiger partial charge in [-0.2, -0.15) is 0 Å². The maximum absolute atomic E-state index is 12.5. The first kappa shape index (κ1) is 18.2. The summed E-state index contributed by atoms with van der Waals surface area (Å²) in [5.74, 6) is 1.21. The van der Waals surface area contributed by atoms with E-state index in [4.69, 9.17) is 11.6 Å². The normalized spacial score (nSPS) is 20.0. The number of para-hydroxylation sites is 1.